The van der Waals surface area contributed by atoms with Crippen molar-refractivity contribution in [3.63, 3.8) is 0 Å². The molecule has 0 aliphatic heterocycles. The van der Waals surface area contributed by atoms with Gasteiger partial charge < -0.3 is 10.0 Å². The van der Waals surface area contributed by atoms with Gasteiger partial charge in [0.25, 0.3) is 0 Å². The molecule has 0 atom stereocenters. The number of aliphatic carboxylic acids is 1. The molecule has 3 heteroatoms. The lowest BCUT2D eigenvalue weighted by Gasteiger charge is -2.38. The molecule has 0 saturated heterocycles. The first-order valence-corrected chi connectivity index (χ1v) is 8.15. The van der Waals surface area contributed by atoms with Crippen LogP contribution in [0.3, 0.4) is 0 Å². The first-order chi connectivity index (χ1) is 10.1. The van der Waals surface area contributed by atoms with Crippen LogP contribution in [0.5, 0.6) is 0 Å². The second-order valence-electron chi connectivity index (χ2n) is 6.26. The summed E-state index contributed by atoms with van der Waals surface area (Å²) in [5.41, 5.74) is 2.41. The number of carbonyl (C=O) groups is 1. The summed E-state index contributed by atoms with van der Waals surface area (Å²) in [6.07, 6.45) is 6.40. The van der Waals surface area contributed by atoms with Crippen molar-refractivity contribution < 1.29 is 9.90 Å². The van der Waals surface area contributed by atoms with E-state index in [1.807, 2.05) is 0 Å². The zero-order valence-corrected chi connectivity index (χ0v) is 13.2. The van der Waals surface area contributed by atoms with Crippen LogP contribution in [0.2, 0.25) is 0 Å². The number of nitrogens with zero attached hydrogens (tertiary/aromatic N) is 1. The third-order valence-corrected chi connectivity index (χ3v) is 4.77. The number of rotatable bonds is 6. The van der Waals surface area contributed by atoms with Crippen LogP contribution in [0.15, 0.2) is 24.3 Å². The minimum Gasteiger partial charge on any atom is -0.481 e. The second-order valence-corrected chi connectivity index (χ2v) is 6.26. The molecule has 1 aromatic carbocycles. The van der Waals surface area contributed by atoms with E-state index < -0.39 is 5.97 Å². The standard InChI is InChI=1S/C18H27NO2/c1-3-15-6-10-17(11-7-15)19(13-12-18(20)21)16-8-4-14(2)5-9-16/h4-5,8-9,15,17H,3,6-7,10-13H2,1-2H3,(H,20,21). The number of carboxylic acids is 1. The van der Waals surface area contributed by atoms with E-state index in [0.29, 0.717) is 12.6 Å². The van der Waals surface area contributed by atoms with E-state index in [0.717, 1.165) is 5.92 Å². The van der Waals surface area contributed by atoms with Crippen molar-refractivity contribution in [2.45, 2.75) is 58.4 Å². The topological polar surface area (TPSA) is 40.5 Å². The van der Waals surface area contributed by atoms with Gasteiger partial charge in [-0.2, -0.15) is 0 Å². The highest BCUT2D eigenvalue weighted by atomic mass is 16.4. The molecule has 1 saturated carbocycles. The summed E-state index contributed by atoms with van der Waals surface area (Å²) < 4.78 is 0. The number of anilines is 1. The average Bonchev–Trinajstić information content (AvgIpc) is 2.49. The molecule has 1 N–H and O–H groups in total. The number of hydrogen-bond donors (Lipinski definition) is 1. The molecule has 1 aliphatic carbocycles. The lowest BCUT2D eigenvalue weighted by atomic mass is 9.83. The number of benzene rings is 1. The maximum atomic E-state index is 10.9. The van der Waals surface area contributed by atoms with Crippen LogP contribution in [0, 0.1) is 12.8 Å². The molecule has 0 heterocycles. The first kappa shape index (κ1) is 15.9. The minimum atomic E-state index is -0.714. The van der Waals surface area contributed by atoms with E-state index in [2.05, 4.69) is 43.0 Å². The van der Waals surface area contributed by atoms with E-state index in [9.17, 15) is 4.79 Å². The molecular formula is C18H27NO2. The summed E-state index contributed by atoms with van der Waals surface area (Å²) in [5.74, 6) is 0.148. The average molecular weight is 289 g/mol. The highest BCUT2D eigenvalue weighted by Gasteiger charge is 2.25. The second kappa shape index (κ2) is 7.48. The van der Waals surface area contributed by atoms with Crippen LogP contribution in [0.25, 0.3) is 0 Å². The van der Waals surface area contributed by atoms with Crippen LogP contribution in [-0.4, -0.2) is 23.7 Å². The van der Waals surface area contributed by atoms with Gasteiger partial charge in [-0.15, -0.1) is 0 Å². The first-order valence-electron chi connectivity index (χ1n) is 8.15. The van der Waals surface area contributed by atoms with Crippen molar-refractivity contribution in [1.82, 2.24) is 0 Å². The van der Waals surface area contributed by atoms with Crippen molar-refractivity contribution in [3.8, 4) is 0 Å². The molecule has 1 aliphatic rings. The zero-order chi connectivity index (χ0) is 15.2. The van der Waals surface area contributed by atoms with Crippen LogP contribution >= 0.6 is 0 Å². The number of carboxylic acid groups (broad SMARTS) is 1. The van der Waals surface area contributed by atoms with Crippen molar-refractivity contribution in [2.24, 2.45) is 5.92 Å². The third-order valence-electron chi connectivity index (χ3n) is 4.77. The summed E-state index contributed by atoms with van der Waals surface area (Å²) >= 11 is 0. The molecule has 0 radical (unpaired) electrons. The van der Waals surface area contributed by atoms with Gasteiger partial charge in [0.2, 0.25) is 0 Å². The SMILES string of the molecule is CCC1CCC(N(CCC(=O)O)c2ccc(C)cc2)CC1. The summed E-state index contributed by atoms with van der Waals surface area (Å²) in [6, 6.07) is 8.98. The Bertz CT molecular complexity index is 447. The molecule has 3 nitrogen and oxygen atoms in total. The third kappa shape index (κ3) is 4.48. The van der Waals surface area contributed by atoms with Crippen LogP contribution < -0.4 is 4.90 Å². The smallest absolute Gasteiger partial charge is 0.305 e. The lowest BCUT2D eigenvalue weighted by Crippen LogP contribution is -2.39. The van der Waals surface area contributed by atoms with E-state index in [1.54, 1.807) is 0 Å². The van der Waals surface area contributed by atoms with Gasteiger partial charge in [-0.25, -0.2) is 0 Å². The van der Waals surface area contributed by atoms with Gasteiger partial charge in [-0.05, 0) is 50.7 Å². The van der Waals surface area contributed by atoms with Gasteiger partial charge in [-0.3, -0.25) is 4.79 Å². The Kier molecular flexibility index (Phi) is 5.66. The fraction of sp³-hybridized carbons (Fsp3) is 0.611. The maximum Gasteiger partial charge on any atom is 0.305 e. The van der Waals surface area contributed by atoms with Crippen molar-refractivity contribution >= 4 is 11.7 Å². The molecule has 0 bridgehead atoms. The fourth-order valence-electron chi connectivity index (χ4n) is 3.34. The van der Waals surface area contributed by atoms with E-state index in [-0.39, 0.29) is 6.42 Å². The highest BCUT2D eigenvalue weighted by Crippen LogP contribution is 2.32. The molecule has 0 amide bonds. The largest absolute Gasteiger partial charge is 0.481 e. The fourth-order valence-corrected chi connectivity index (χ4v) is 3.34. The Morgan fingerprint density at radius 2 is 1.81 bits per heavy atom. The van der Waals surface area contributed by atoms with Crippen molar-refractivity contribution in [1.29, 1.82) is 0 Å². The Labute approximate surface area is 128 Å². The Morgan fingerprint density at radius 3 is 2.33 bits per heavy atom. The predicted octanol–water partition coefficient (Wildman–Crippen LogP) is 4.24. The van der Waals surface area contributed by atoms with E-state index >= 15 is 0 Å². The van der Waals surface area contributed by atoms with Crippen LogP contribution in [-0.2, 0) is 4.79 Å². The molecule has 21 heavy (non-hydrogen) atoms. The normalized spacial score (nSPS) is 22.0. The van der Waals surface area contributed by atoms with Gasteiger partial charge in [0.1, 0.15) is 0 Å². The number of hydrogen-bond acceptors (Lipinski definition) is 2. The summed E-state index contributed by atoms with van der Waals surface area (Å²) in [5, 5.41) is 9.01. The summed E-state index contributed by atoms with van der Waals surface area (Å²) in [4.78, 5) is 13.3. The predicted molar refractivity (Wildman–Crippen MR) is 86.8 cm³/mol. The molecule has 0 spiro atoms. The van der Waals surface area contributed by atoms with Gasteiger partial charge in [0.15, 0.2) is 0 Å². The van der Waals surface area contributed by atoms with Gasteiger partial charge in [-0.1, -0.05) is 31.0 Å². The van der Waals surface area contributed by atoms with E-state index in [4.69, 9.17) is 5.11 Å². The monoisotopic (exact) mass is 289 g/mol. The lowest BCUT2D eigenvalue weighted by molar-refractivity contribution is -0.136. The minimum absolute atomic E-state index is 0.210. The van der Waals surface area contributed by atoms with Gasteiger partial charge in [0.05, 0.1) is 6.42 Å². The molecule has 1 aromatic rings. The van der Waals surface area contributed by atoms with Crippen molar-refractivity contribution in [2.75, 3.05) is 11.4 Å². The van der Waals surface area contributed by atoms with Crippen molar-refractivity contribution in [3.05, 3.63) is 29.8 Å². The summed E-state index contributed by atoms with van der Waals surface area (Å²) in [6.45, 7) is 4.96. The molecule has 0 unspecified atom stereocenters. The Balaban J connectivity index is 2.08. The van der Waals surface area contributed by atoms with Crippen LogP contribution in [0.1, 0.15) is 51.0 Å². The van der Waals surface area contributed by atoms with Crippen LogP contribution in [0.4, 0.5) is 5.69 Å². The Morgan fingerprint density at radius 1 is 1.19 bits per heavy atom. The van der Waals surface area contributed by atoms with Gasteiger partial charge >= 0.3 is 5.97 Å². The maximum absolute atomic E-state index is 10.9. The molecule has 1 fully saturated rings. The molecule has 0 aromatic heterocycles. The van der Waals surface area contributed by atoms with Gasteiger partial charge in [0, 0.05) is 18.3 Å². The Hall–Kier alpha value is -1.51. The van der Waals surface area contributed by atoms with E-state index in [1.165, 1.54) is 43.4 Å². The molecular weight excluding hydrogens is 262 g/mol. The zero-order valence-electron chi connectivity index (χ0n) is 13.2. The molecule has 116 valence electrons. The number of aryl methyl sites for hydroxylation is 1. The highest BCUT2D eigenvalue weighted by molar-refractivity contribution is 5.67. The molecule has 2 rings (SSSR count). The quantitative estimate of drug-likeness (QED) is 0.851. The summed E-state index contributed by atoms with van der Waals surface area (Å²) in [7, 11) is 0.